The number of allylic oxidation sites excluding steroid dienone is 9. The van der Waals surface area contributed by atoms with E-state index in [0.29, 0.717) is 0 Å². The molecule has 0 saturated heterocycles. The fraction of sp³-hybridized carbons (Fsp3) is 0.500. The molecule has 0 aliphatic carbocycles. The molecule has 118 valence electrons. The lowest BCUT2D eigenvalue weighted by atomic mass is 10.2. The van der Waals surface area contributed by atoms with Crippen molar-refractivity contribution < 1.29 is 0 Å². The van der Waals surface area contributed by atoms with Crippen molar-refractivity contribution in [3.8, 4) is 0 Å². The average Bonchev–Trinajstić information content (AvgIpc) is 2.50. The molecule has 0 amide bonds. The van der Waals surface area contributed by atoms with Crippen LogP contribution in [0.4, 0.5) is 0 Å². The molecule has 1 heteroatoms. The summed E-state index contributed by atoms with van der Waals surface area (Å²) in [5, 5.41) is 0. The van der Waals surface area contributed by atoms with Crippen LogP contribution in [0, 0.1) is 0 Å². The zero-order valence-electron chi connectivity index (χ0n) is 13.8. The van der Waals surface area contributed by atoms with E-state index in [2.05, 4.69) is 74.6 Å². The van der Waals surface area contributed by atoms with E-state index in [9.17, 15) is 0 Å². The van der Waals surface area contributed by atoms with Gasteiger partial charge in [-0.25, -0.2) is 0 Å². The van der Waals surface area contributed by atoms with Crippen molar-refractivity contribution in [2.45, 2.75) is 52.4 Å². The summed E-state index contributed by atoms with van der Waals surface area (Å²) in [7, 11) is 0. The lowest BCUT2D eigenvalue weighted by Gasteiger charge is -1.89. The van der Waals surface area contributed by atoms with Gasteiger partial charge in [0, 0.05) is 5.75 Å². The predicted octanol–water partition coefficient (Wildman–Crippen LogP) is 6.88. The number of thioether (sulfide) groups is 1. The van der Waals surface area contributed by atoms with E-state index in [4.69, 9.17) is 0 Å². The van der Waals surface area contributed by atoms with Crippen molar-refractivity contribution >= 4 is 11.8 Å². The number of rotatable bonds is 13. The fourth-order valence-electron chi connectivity index (χ4n) is 1.66. The van der Waals surface area contributed by atoms with Crippen LogP contribution in [0.25, 0.3) is 0 Å². The SMILES string of the molecule is CCC=CCC=CCC=CCC=CCCC=CCSCC. The molecule has 0 N–H and O–H groups in total. The molecule has 0 nitrogen and oxygen atoms in total. The van der Waals surface area contributed by atoms with Gasteiger partial charge in [-0.2, -0.15) is 11.8 Å². The van der Waals surface area contributed by atoms with Gasteiger partial charge < -0.3 is 0 Å². The highest BCUT2D eigenvalue weighted by Gasteiger charge is 1.79. The lowest BCUT2D eigenvalue weighted by molar-refractivity contribution is 1.04. The van der Waals surface area contributed by atoms with E-state index >= 15 is 0 Å². The summed E-state index contributed by atoms with van der Waals surface area (Å²) in [5.41, 5.74) is 0. The Hall–Kier alpha value is -0.950. The topological polar surface area (TPSA) is 0 Å². The third kappa shape index (κ3) is 19.0. The van der Waals surface area contributed by atoms with Gasteiger partial charge in [-0.1, -0.05) is 74.6 Å². The van der Waals surface area contributed by atoms with Crippen molar-refractivity contribution in [2.24, 2.45) is 0 Å². The molecule has 0 aromatic rings. The Morgan fingerprint density at radius 1 is 0.571 bits per heavy atom. The lowest BCUT2D eigenvalue weighted by Crippen LogP contribution is -1.72. The molecule has 0 aliphatic rings. The second-order valence-electron chi connectivity index (χ2n) is 4.71. The minimum atomic E-state index is 1.05. The Labute approximate surface area is 136 Å². The zero-order chi connectivity index (χ0) is 15.4. The molecule has 21 heavy (non-hydrogen) atoms. The molecule has 0 saturated carbocycles. The van der Waals surface area contributed by atoms with Gasteiger partial charge in [0.15, 0.2) is 0 Å². The van der Waals surface area contributed by atoms with Crippen LogP contribution in [-0.2, 0) is 0 Å². The van der Waals surface area contributed by atoms with Crippen molar-refractivity contribution in [2.75, 3.05) is 11.5 Å². The molecule has 0 unspecified atom stereocenters. The summed E-state index contributed by atoms with van der Waals surface area (Å²) in [5.74, 6) is 2.37. The predicted molar refractivity (Wildman–Crippen MR) is 102 cm³/mol. The van der Waals surface area contributed by atoms with E-state index in [1.54, 1.807) is 0 Å². The number of hydrogen-bond donors (Lipinski definition) is 0. The summed E-state index contributed by atoms with van der Waals surface area (Å²) in [6.07, 6.45) is 29.1. The number of unbranched alkanes of at least 4 members (excludes halogenated alkanes) is 1. The maximum absolute atomic E-state index is 2.29. The third-order valence-corrected chi connectivity index (χ3v) is 3.64. The monoisotopic (exact) mass is 304 g/mol. The minimum absolute atomic E-state index is 1.05. The Kier molecular flexibility index (Phi) is 18.2. The molecule has 0 radical (unpaired) electrons. The van der Waals surface area contributed by atoms with Crippen LogP contribution < -0.4 is 0 Å². The minimum Gasteiger partial charge on any atom is -0.158 e. The van der Waals surface area contributed by atoms with E-state index in [1.165, 1.54) is 12.2 Å². The van der Waals surface area contributed by atoms with Gasteiger partial charge in [-0.05, 0) is 44.3 Å². The normalized spacial score (nSPS) is 13.0. The molecule has 0 atom stereocenters. The van der Waals surface area contributed by atoms with Gasteiger partial charge in [0.2, 0.25) is 0 Å². The molecular formula is C20H32S. The standard InChI is InChI=1S/C20H32S/c1-3-5-6-7-8-9-10-11-12-13-14-15-16-17-18-19-20-21-4-2/h5-6,8-9,11-12,14-15,18-19H,3-4,7,10,13,16-17,20H2,1-2H3. The van der Waals surface area contributed by atoms with Crippen LogP contribution in [0.3, 0.4) is 0 Å². The highest BCUT2D eigenvalue weighted by Crippen LogP contribution is 2.01. The first-order valence-corrected chi connectivity index (χ1v) is 9.40. The first-order valence-electron chi connectivity index (χ1n) is 8.24. The van der Waals surface area contributed by atoms with Crippen molar-refractivity contribution in [3.63, 3.8) is 0 Å². The second kappa shape index (κ2) is 19.1. The Bertz CT molecular complexity index is 332. The summed E-state index contributed by atoms with van der Waals surface area (Å²) in [6, 6.07) is 0. The molecule has 0 fully saturated rings. The molecule has 0 aliphatic heterocycles. The van der Waals surface area contributed by atoms with E-state index in [0.717, 1.165) is 37.9 Å². The third-order valence-electron chi connectivity index (χ3n) is 2.80. The quantitative estimate of drug-likeness (QED) is 0.264. The molecule has 0 aromatic carbocycles. The summed E-state index contributed by atoms with van der Waals surface area (Å²) < 4.78 is 0. The molecule has 0 spiro atoms. The highest BCUT2D eigenvalue weighted by molar-refractivity contribution is 7.99. The fourth-order valence-corrected chi connectivity index (χ4v) is 2.17. The highest BCUT2D eigenvalue weighted by atomic mass is 32.2. The largest absolute Gasteiger partial charge is 0.158 e. The summed E-state index contributed by atoms with van der Waals surface area (Å²) >= 11 is 1.97. The van der Waals surface area contributed by atoms with Crippen LogP contribution in [0.5, 0.6) is 0 Å². The Morgan fingerprint density at radius 2 is 1.05 bits per heavy atom. The summed E-state index contributed by atoms with van der Waals surface area (Å²) in [6.45, 7) is 4.37. The smallest absolute Gasteiger partial charge is 0.0113 e. The first kappa shape index (κ1) is 20.1. The first-order chi connectivity index (χ1) is 10.4. The summed E-state index contributed by atoms with van der Waals surface area (Å²) in [4.78, 5) is 0. The van der Waals surface area contributed by atoms with Crippen molar-refractivity contribution in [1.82, 2.24) is 0 Å². The van der Waals surface area contributed by atoms with E-state index in [1.807, 2.05) is 11.8 Å². The zero-order valence-corrected chi connectivity index (χ0v) is 14.7. The Balaban J connectivity index is 3.40. The number of hydrogen-bond acceptors (Lipinski definition) is 1. The van der Waals surface area contributed by atoms with Crippen LogP contribution in [-0.4, -0.2) is 11.5 Å². The molecular weight excluding hydrogens is 272 g/mol. The van der Waals surface area contributed by atoms with Gasteiger partial charge >= 0.3 is 0 Å². The molecule has 0 heterocycles. The van der Waals surface area contributed by atoms with E-state index in [-0.39, 0.29) is 0 Å². The maximum atomic E-state index is 2.29. The second-order valence-corrected chi connectivity index (χ2v) is 6.03. The molecule has 0 rings (SSSR count). The van der Waals surface area contributed by atoms with E-state index < -0.39 is 0 Å². The van der Waals surface area contributed by atoms with Gasteiger partial charge in [-0.15, -0.1) is 0 Å². The Morgan fingerprint density at radius 3 is 1.57 bits per heavy atom. The van der Waals surface area contributed by atoms with Crippen molar-refractivity contribution in [3.05, 3.63) is 60.8 Å². The van der Waals surface area contributed by atoms with Gasteiger partial charge in [0.05, 0.1) is 0 Å². The average molecular weight is 305 g/mol. The van der Waals surface area contributed by atoms with Crippen LogP contribution >= 0.6 is 11.8 Å². The van der Waals surface area contributed by atoms with Crippen LogP contribution in [0.15, 0.2) is 60.8 Å². The maximum Gasteiger partial charge on any atom is 0.0113 e. The van der Waals surface area contributed by atoms with Crippen LogP contribution in [0.1, 0.15) is 52.4 Å². The van der Waals surface area contributed by atoms with Crippen molar-refractivity contribution in [1.29, 1.82) is 0 Å². The molecule has 0 aromatic heterocycles. The van der Waals surface area contributed by atoms with Gasteiger partial charge in [0.1, 0.15) is 0 Å². The van der Waals surface area contributed by atoms with Gasteiger partial charge in [0.25, 0.3) is 0 Å². The van der Waals surface area contributed by atoms with Gasteiger partial charge in [-0.3, -0.25) is 0 Å². The van der Waals surface area contributed by atoms with Crippen LogP contribution in [0.2, 0.25) is 0 Å². The molecule has 0 bridgehead atoms.